The summed E-state index contributed by atoms with van der Waals surface area (Å²) >= 11 is 0. The molecule has 0 heterocycles. The van der Waals surface area contributed by atoms with Gasteiger partial charge in [-0.3, -0.25) is 9.59 Å². The molecular formula is C25H36N3O2+. The number of carbonyl (C=O) groups excluding carboxylic acids is 2. The minimum atomic E-state index is -0.215. The SMILES string of the molecule is CCCc1ccc([C@H]([NH2+]CC(=O)NCC(=O)Nc2c(C)cccc2C)C(C)C)cc1. The Hall–Kier alpha value is -2.66. The first-order valence-electron chi connectivity index (χ1n) is 10.9. The van der Waals surface area contributed by atoms with Gasteiger partial charge in [0, 0.05) is 17.2 Å². The van der Waals surface area contributed by atoms with Crippen LogP contribution in [0.4, 0.5) is 5.69 Å². The van der Waals surface area contributed by atoms with Crippen LogP contribution in [0, 0.1) is 19.8 Å². The van der Waals surface area contributed by atoms with Crippen molar-refractivity contribution in [1.29, 1.82) is 0 Å². The number of nitrogens with one attached hydrogen (secondary N) is 2. The lowest BCUT2D eigenvalue weighted by Crippen LogP contribution is -2.88. The molecule has 5 nitrogen and oxygen atoms in total. The van der Waals surface area contributed by atoms with Crippen LogP contribution in [0.2, 0.25) is 0 Å². The molecule has 2 aromatic carbocycles. The van der Waals surface area contributed by atoms with Crippen LogP contribution in [0.15, 0.2) is 42.5 Å². The summed E-state index contributed by atoms with van der Waals surface area (Å²) in [5, 5.41) is 7.68. The highest BCUT2D eigenvalue weighted by Gasteiger charge is 2.20. The predicted octanol–water partition coefficient (Wildman–Crippen LogP) is 3.27. The molecule has 0 aromatic heterocycles. The molecule has 0 unspecified atom stereocenters. The molecule has 0 aliphatic heterocycles. The summed E-state index contributed by atoms with van der Waals surface area (Å²) in [7, 11) is 0. The van der Waals surface area contributed by atoms with E-state index in [0.29, 0.717) is 5.92 Å². The van der Waals surface area contributed by atoms with Gasteiger partial charge in [0.2, 0.25) is 5.91 Å². The number of amides is 2. The molecule has 2 rings (SSSR count). The number of nitrogens with two attached hydrogens (primary N) is 1. The van der Waals surface area contributed by atoms with Gasteiger partial charge in [0.15, 0.2) is 6.54 Å². The van der Waals surface area contributed by atoms with E-state index in [-0.39, 0.29) is 30.9 Å². The average Bonchev–Trinajstić information content (AvgIpc) is 2.70. The lowest BCUT2D eigenvalue weighted by Gasteiger charge is -2.20. The normalized spacial score (nSPS) is 11.9. The van der Waals surface area contributed by atoms with Crippen molar-refractivity contribution < 1.29 is 14.9 Å². The number of para-hydroxylation sites is 1. The molecule has 2 aromatic rings. The largest absolute Gasteiger partial charge is 0.342 e. The maximum Gasteiger partial charge on any atom is 0.275 e. The summed E-state index contributed by atoms with van der Waals surface area (Å²) in [6.07, 6.45) is 2.22. The Labute approximate surface area is 180 Å². The third kappa shape index (κ3) is 6.99. The molecule has 0 bridgehead atoms. The summed E-state index contributed by atoms with van der Waals surface area (Å²) < 4.78 is 0. The van der Waals surface area contributed by atoms with Gasteiger partial charge < -0.3 is 16.0 Å². The molecule has 0 aliphatic rings. The molecular weight excluding hydrogens is 374 g/mol. The van der Waals surface area contributed by atoms with Crippen molar-refractivity contribution >= 4 is 17.5 Å². The highest BCUT2D eigenvalue weighted by molar-refractivity contribution is 5.95. The van der Waals surface area contributed by atoms with Gasteiger partial charge in [-0.15, -0.1) is 0 Å². The quantitative estimate of drug-likeness (QED) is 0.562. The smallest absolute Gasteiger partial charge is 0.275 e. The molecule has 0 saturated heterocycles. The molecule has 0 radical (unpaired) electrons. The van der Waals surface area contributed by atoms with Gasteiger partial charge in [0.1, 0.15) is 6.04 Å². The summed E-state index contributed by atoms with van der Waals surface area (Å²) in [5.74, 6) is 0.0368. The maximum atomic E-state index is 12.3. The molecule has 5 heteroatoms. The molecule has 0 saturated carbocycles. The monoisotopic (exact) mass is 410 g/mol. The van der Waals surface area contributed by atoms with E-state index in [1.807, 2.05) is 32.0 Å². The fourth-order valence-corrected chi connectivity index (χ4v) is 3.67. The fraction of sp³-hybridized carbons (Fsp3) is 0.440. The van der Waals surface area contributed by atoms with Crippen molar-refractivity contribution in [2.45, 2.75) is 53.5 Å². The van der Waals surface area contributed by atoms with Gasteiger partial charge in [-0.2, -0.15) is 0 Å². The van der Waals surface area contributed by atoms with E-state index in [1.54, 1.807) is 0 Å². The second kappa shape index (κ2) is 11.5. The molecule has 0 spiro atoms. The number of benzene rings is 2. The van der Waals surface area contributed by atoms with Crippen LogP contribution in [0.5, 0.6) is 0 Å². The van der Waals surface area contributed by atoms with Crippen molar-refractivity contribution in [2.75, 3.05) is 18.4 Å². The molecule has 1 atom stereocenters. The zero-order valence-electron chi connectivity index (χ0n) is 18.9. The van der Waals surface area contributed by atoms with Crippen molar-refractivity contribution in [3.05, 3.63) is 64.7 Å². The number of aryl methyl sites for hydroxylation is 3. The zero-order chi connectivity index (χ0) is 22.1. The standard InChI is InChI=1S/C25H35N3O2/c1-6-8-20-11-13-21(14-12-20)24(17(2)3)27-15-22(29)26-16-23(30)28-25-18(4)9-7-10-19(25)5/h7,9-14,17,24,27H,6,8,15-16H2,1-5H3,(H,26,29)(H,28,30)/p+1/t24-/m1/s1. The number of carbonyl (C=O) groups is 2. The number of hydrogen-bond donors (Lipinski definition) is 3. The Bertz CT molecular complexity index is 824. The first-order chi connectivity index (χ1) is 14.3. The molecule has 2 amide bonds. The lowest BCUT2D eigenvalue weighted by molar-refractivity contribution is -0.692. The first-order valence-corrected chi connectivity index (χ1v) is 10.9. The first kappa shape index (κ1) is 23.6. The van der Waals surface area contributed by atoms with Crippen molar-refractivity contribution in [3.8, 4) is 0 Å². The highest BCUT2D eigenvalue weighted by Crippen LogP contribution is 2.19. The number of rotatable bonds is 10. The summed E-state index contributed by atoms with van der Waals surface area (Å²) in [6.45, 7) is 10.7. The van der Waals surface area contributed by atoms with E-state index in [1.165, 1.54) is 11.1 Å². The zero-order valence-corrected chi connectivity index (χ0v) is 18.9. The summed E-state index contributed by atoms with van der Waals surface area (Å²) in [5.41, 5.74) is 5.40. The lowest BCUT2D eigenvalue weighted by atomic mass is 9.94. The minimum Gasteiger partial charge on any atom is -0.342 e. The van der Waals surface area contributed by atoms with Crippen LogP contribution in [-0.4, -0.2) is 24.9 Å². The van der Waals surface area contributed by atoms with Gasteiger partial charge in [-0.05, 0) is 37.0 Å². The van der Waals surface area contributed by atoms with E-state index in [0.717, 1.165) is 29.7 Å². The van der Waals surface area contributed by atoms with Crippen LogP contribution < -0.4 is 16.0 Å². The Morgan fingerprint density at radius 2 is 1.60 bits per heavy atom. The van der Waals surface area contributed by atoms with Crippen LogP contribution in [-0.2, 0) is 16.0 Å². The van der Waals surface area contributed by atoms with E-state index in [4.69, 9.17) is 0 Å². The van der Waals surface area contributed by atoms with E-state index < -0.39 is 0 Å². The fourth-order valence-electron chi connectivity index (χ4n) is 3.67. The van der Waals surface area contributed by atoms with Crippen LogP contribution in [0.25, 0.3) is 0 Å². The van der Waals surface area contributed by atoms with Crippen LogP contribution in [0.3, 0.4) is 0 Å². The highest BCUT2D eigenvalue weighted by atomic mass is 16.2. The van der Waals surface area contributed by atoms with Crippen molar-refractivity contribution in [1.82, 2.24) is 5.32 Å². The van der Waals surface area contributed by atoms with Crippen LogP contribution in [0.1, 0.15) is 55.5 Å². The number of hydrogen-bond acceptors (Lipinski definition) is 2. The second-order valence-electron chi connectivity index (χ2n) is 8.29. The van der Waals surface area contributed by atoms with E-state index >= 15 is 0 Å². The molecule has 162 valence electrons. The van der Waals surface area contributed by atoms with Gasteiger partial charge in [-0.25, -0.2) is 0 Å². The molecule has 4 N–H and O–H groups in total. The Balaban J connectivity index is 1.85. The maximum absolute atomic E-state index is 12.3. The summed E-state index contributed by atoms with van der Waals surface area (Å²) in [4.78, 5) is 24.5. The topological polar surface area (TPSA) is 74.8 Å². The molecule has 0 fully saturated rings. The Morgan fingerprint density at radius 1 is 0.967 bits per heavy atom. The van der Waals surface area contributed by atoms with Crippen molar-refractivity contribution in [3.63, 3.8) is 0 Å². The number of quaternary nitrogens is 1. The third-order valence-electron chi connectivity index (χ3n) is 5.37. The van der Waals surface area contributed by atoms with Gasteiger partial charge >= 0.3 is 0 Å². The number of anilines is 1. The van der Waals surface area contributed by atoms with Gasteiger partial charge in [0.25, 0.3) is 5.91 Å². The summed E-state index contributed by atoms with van der Waals surface area (Å²) in [6, 6.07) is 14.8. The molecule has 0 aliphatic carbocycles. The minimum absolute atomic E-state index is 0.0293. The van der Waals surface area contributed by atoms with E-state index in [2.05, 4.69) is 61.0 Å². The van der Waals surface area contributed by atoms with Gasteiger partial charge in [0.05, 0.1) is 6.54 Å². The van der Waals surface area contributed by atoms with Crippen molar-refractivity contribution in [2.24, 2.45) is 5.92 Å². The second-order valence-corrected chi connectivity index (χ2v) is 8.29. The van der Waals surface area contributed by atoms with E-state index in [9.17, 15) is 9.59 Å². The Kier molecular flexibility index (Phi) is 9.06. The third-order valence-corrected chi connectivity index (χ3v) is 5.37. The predicted molar refractivity (Wildman–Crippen MR) is 122 cm³/mol. The van der Waals surface area contributed by atoms with Crippen LogP contribution >= 0.6 is 0 Å². The molecule has 30 heavy (non-hydrogen) atoms. The van der Waals surface area contributed by atoms with Gasteiger partial charge in [-0.1, -0.05) is 69.7 Å². The average molecular weight is 411 g/mol. The Morgan fingerprint density at radius 3 is 2.17 bits per heavy atom.